The van der Waals surface area contributed by atoms with Gasteiger partial charge in [-0.15, -0.1) is 0 Å². The minimum absolute atomic E-state index is 0.206. The van der Waals surface area contributed by atoms with Crippen LogP contribution >= 0.6 is 0 Å². The summed E-state index contributed by atoms with van der Waals surface area (Å²) in [6, 6.07) is 18.0. The van der Waals surface area contributed by atoms with Crippen LogP contribution in [0, 0.1) is 0 Å². The van der Waals surface area contributed by atoms with Gasteiger partial charge in [-0.1, -0.05) is 42.5 Å². The second kappa shape index (κ2) is 8.96. The molecule has 1 atom stereocenters. The molecule has 4 nitrogen and oxygen atoms in total. The van der Waals surface area contributed by atoms with Gasteiger partial charge in [-0.25, -0.2) is 0 Å². The lowest BCUT2D eigenvalue weighted by molar-refractivity contribution is -0.118. The van der Waals surface area contributed by atoms with Gasteiger partial charge in [0, 0.05) is 12.5 Å². The smallest absolute Gasteiger partial charge is 0.218 e. The molecule has 0 spiro atoms. The van der Waals surface area contributed by atoms with E-state index in [1.54, 1.807) is 0 Å². The first-order valence-electron chi connectivity index (χ1n) is 7.93. The van der Waals surface area contributed by atoms with Gasteiger partial charge >= 0.3 is 0 Å². The van der Waals surface area contributed by atoms with Crippen molar-refractivity contribution < 1.29 is 9.53 Å². The van der Waals surface area contributed by atoms with E-state index in [0.717, 1.165) is 24.2 Å². The summed E-state index contributed by atoms with van der Waals surface area (Å²) in [6.07, 6.45) is 2.84. The predicted molar refractivity (Wildman–Crippen MR) is 92.2 cm³/mol. The molecule has 4 N–H and O–H groups in total. The molecule has 0 aromatic heterocycles. The number of primary amides is 1. The zero-order valence-electron chi connectivity index (χ0n) is 13.3. The lowest BCUT2D eigenvalue weighted by Gasteiger charge is -2.10. The van der Waals surface area contributed by atoms with Crippen molar-refractivity contribution >= 4 is 5.91 Å². The summed E-state index contributed by atoms with van der Waals surface area (Å²) in [5.74, 6) is 0.487. The van der Waals surface area contributed by atoms with Crippen molar-refractivity contribution in [2.75, 3.05) is 6.61 Å². The van der Waals surface area contributed by atoms with Crippen LogP contribution < -0.4 is 16.2 Å². The van der Waals surface area contributed by atoms with Gasteiger partial charge in [0.25, 0.3) is 0 Å². The number of ether oxygens (including phenoxy) is 1. The van der Waals surface area contributed by atoms with Crippen LogP contribution in [0.5, 0.6) is 5.75 Å². The van der Waals surface area contributed by atoms with Gasteiger partial charge in [-0.2, -0.15) is 0 Å². The van der Waals surface area contributed by atoms with E-state index in [0.29, 0.717) is 13.0 Å². The molecule has 2 rings (SSSR count). The number of amides is 1. The molecular weight excluding hydrogens is 288 g/mol. The number of benzene rings is 2. The number of rotatable bonds is 9. The maximum atomic E-state index is 10.8. The summed E-state index contributed by atoms with van der Waals surface area (Å²) >= 11 is 0. The van der Waals surface area contributed by atoms with Crippen molar-refractivity contribution in [2.24, 2.45) is 11.5 Å². The Morgan fingerprint density at radius 2 is 1.70 bits per heavy atom. The Kier molecular flexibility index (Phi) is 6.63. The second-order valence-electron chi connectivity index (χ2n) is 5.72. The lowest BCUT2D eigenvalue weighted by Crippen LogP contribution is -2.29. The van der Waals surface area contributed by atoms with Crippen LogP contribution in [0.1, 0.15) is 24.0 Å². The fraction of sp³-hybridized carbons (Fsp3) is 0.316. The molecule has 0 aliphatic rings. The van der Waals surface area contributed by atoms with E-state index >= 15 is 0 Å². The largest absolute Gasteiger partial charge is 0.494 e. The highest BCUT2D eigenvalue weighted by Crippen LogP contribution is 2.14. The summed E-state index contributed by atoms with van der Waals surface area (Å²) in [4.78, 5) is 10.8. The van der Waals surface area contributed by atoms with Crippen molar-refractivity contribution in [1.29, 1.82) is 0 Å². The lowest BCUT2D eigenvalue weighted by atomic mass is 10.0. The Labute approximate surface area is 137 Å². The van der Waals surface area contributed by atoms with Crippen LogP contribution in [-0.4, -0.2) is 18.6 Å². The summed E-state index contributed by atoms with van der Waals surface area (Å²) in [5.41, 5.74) is 13.4. The van der Waals surface area contributed by atoms with Gasteiger partial charge in [0.15, 0.2) is 0 Å². The summed E-state index contributed by atoms with van der Waals surface area (Å²) in [7, 11) is 0. The molecule has 0 bridgehead atoms. The molecule has 0 radical (unpaired) electrons. The maximum absolute atomic E-state index is 10.8. The molecule has 4 heteroatoms. The monoisotopic (exact) mass is 312 g/mol. The van der Waals surface area contributed by atoms with Gasteiger partial charge in [0.1, 0.15) is 5.75 Å². The average molecular weight is 312 g/mol. The minimum atomic E-state index is -0.365. The quantitative estimate of drug-likeness (QED) is 0.698. The first-order chi connectivity index (χ1) is 11.1. The zero-order valence-corrected chi connectivity index (χ0v) is 13.3. The first-order valence-corrected chi connectivity index (χ1v) is 7.93. The number of hydrogen-bond donors (Lipinski definition) is 2. The Morgan fingerprint density at radius 3 is 2.35 bits per heavy atom. The van der Waals surface area contributed by atoms with Gasteiger partial charge in [-0.3, -0.25) is 4.79 Å². The topological polar surface area (TPSA) is 78.3 Å². The molecule has 0 fully saturated rings. The molecular formula is C19H24N2O2. The van der Waals surface area contributed by atoms with Crippen LogP contribution in [0.4, 0.5) is 0 Å². The molecule has 2 aromatic rings. The van der Waals surface area contributed by atoms with E-state index in [2.05, 4.69) is 24.3 Å². The van der Waals surface area contributed by atoms with Crippen molar-refractivity contribution in [1.82, 2.24) is 0 Å². The van der Waals surface area contributed by atoms with Crippen LogP contribution in [0.3, 0.4) is 0 Å². The number of hydrogen-bond acceptors (Lipinski definition) is 3. The Balaban J connectivity index is 1.71. The van der Waals surface area contributed by atoms with Gasteiger partial charge in [0.05, 0.1) is 6.61 Å². The SMILES string of the molecule is NC(=O)CC(N)Cc1ccc(OCCCc2ccccc2)cc1. The predicted octanol–water partition coefficient (Wildman–Crippen LogP) is 2.44. The fourth-order valence-electron chi connectivity index (χ4n) is 2.47. The van der Waals surface area contributed by atoms with Crippen LogP contribution in [0.25, 0.3) is 0 Å². The summed E-state index contributed by atoms with van der Waals surface area (Å²) < 4.78 is 5.75. The molecule has 2 aromatic carbocycles. The zero-order chi connectivity index (χ0) is 16.5. The molecule has 23 heavy (non-hydrogen) atoms. The van der Waals surface area contributed by atoms with Crippen LogP contribution in [-0.2, 0) is 17.6 Å². The Bertz CT molecular complexity index is 597. The third kappa shape index (κ3) is 6.53. The van der Waals surface area contributed by atoms with E-state index in [4.69, 9.17) is 16.2 Å². The number of aryl methyl sites for hydroxylation is 1. The number of nitrogens with two attached hydrogens (primary N) is 2. The van der Waals surface area contributed by atoms with E-state index in [1.165, 1.54) is 5.56 Å². The molecule has 0 saturated carbocycles. The molecule has 0 saturated heterocycles. The highest BCUT2D eigenvalue weighted by Gasteiger charge is 2.07. The molecule has 122 valence electrons. The third-order valence-corrected chi connectivity index (χ3v) is 3.61. The van der Waals surface area contributed by atoms with E-state index in [1.807, 2.05) is 30.3 Å². The first kappa shape index (κ1) is 17.0. The van der Waals surface area contributed by atoms with Crippen LogP contribution in [0.15, 0.2) is 54.6 Å². The van der Waals surface area contributed by atoms with Gasteiger partial charge in [-0.05, 0) is 42.5 Å². The minimum Gasteiger partial charge on any atom is -0.494 e. The molecule has 1 unspecified atom stereocenters. The standard InChI is InChI=1S/C19H24N2O2/c20-17(14-19(21)22)13-16-8-10-18(11-9-16)23-12-4-7-15-5-2-1-3-6-15/h1-3,5-6,8-11,17H,4,7,12-14,20H2,(H2,21,22). The van der Waals surface area contributed by atoms with E-state index < -0.39 is 0 Å². The van der Waals surface area contributed by atoms with Crippen molar-refractivity contribution in [2.45, 2.75) is 31.7 Å². The second-order valence-corrected chi connectivity index (χ2v) is 5.72. The van der Waals surface area contributed by atoms with E-state index in [-0.39, 0.29) is 18.4 Å². The fourth-order valence-corrected chi connectivity index (χ4v) is 2.47. The molecule has 0 aliphatic carbocycles. The van der Waals surface area contributed by atoms with Gasteiger partial charge in [0.2, 0.25) is 5.91 Å². The van der Waals surface area contributed by atoms with Gasteiger partial charge < -0.3 is 16.2 Å². The van der Waals surface area contributed by atoms with Crippen molar-refractivity contribution in [3.8, 4) is 5.75 Å². The van der Waals surface area contributed by atoms with Crippen molar-refractivity contribution in [3.63, 3.8) is 0 Å². The van der Waals surface area contributed by atoms with E-state index in [9.17, 15) is 4.79 Å². The maximum Gasteiger partial charge on any atom is 0.218 e. The molecule has 0 aliphatic heterocycles. The Hall–Kier alpha value is -2.33. The highest BCUT2D eigenvalue weighted by atomic mass is 16.5. The third-order valence-electron chi connectivity index (χ3n) is 3.61. The van der Waals surface area contributed by atoms with Crippen molar-refractivity contribution in [3.05, 3.63) is 65.7 Å². The van der Waals surface area contributed by atoms with Crippen LogP contribution in [0.2, 0.25) is 0 Å². The Morgan fingerprint density at radius 1 is 1.00 bits per heavy atom. The molecule has 1 amide bonds. The molecule has 0 heterocycles. The number of carbonyl (C=O) groups is 1. The summed E-state index contributed by atoms with van der Waals surface area (Å²) in [5, 5.41) is 0. The highest BCUT2D eigenvalue weighted by molar-refractivity contribution is 5.74. The normalized spacial score (nSPS) is 11.9. The summed E-state index contributed by atoms with van der Waals surface area (Å²) in [6.45, 7) is 0.690. The average Bonchev–Trinajstić information content (AvgIpc) is 2.53. The number of carbonyl (C=O) groups excluding carboxylic acids is 1.